The summed E-state index contributed by atoms with van der Waals surface area (Å²) in [6, 6.07) is 13.1. The Morgan fingerprint density at radius 3 is 2.74 bits per heavy atom. The van der Waals surface area contributed by atoms with Gasteiger partial charge in [-0.25, -0.2) is 0 Å². The summed E-state index contributed by atoms with van der Waals surface area (Å²) >= 11 is 10.2. The molecule has 0 nitrogen and oxygen atoms in total. The fourth-order valence-corrected chi connectivity index (χ4v) is 4.33. The lowest BCUT2D eigenvalue weighted by Gasteiger charge is -2.28. The number of allylic oxidation sites excluding steroid dienone is 2. The third-order valence-electron chi connectivity index (χ3n) is 4.75. The summed E-state index contributed by atoms with van der Waals surface area (Å²) in [6.45, 7) is 4.41. The van der Waals surface area contributed by atoms with Gasteiger partial charge in [-0.1, -0.05) is 71.7 Å². The van der Waals surface area contributed by atoms with Crippen molar-refractivity contribution in [1.29, 1.82) is 0 Å². The van der Waals surface area contributed by atoms with E-state index in [2.05, 4.69) is 66.2 Å². The highest BCUT2D eigenvalue weighted by molar-refractivity contribution is 9.10. The van der Waals surface area contributed by atoms with Crippen LogP contribution in [0.3, 0.4) is 0 Å². The van der Waals surface area contributed by atoms with E-state index in [1.54, 1.807) is 0 Å². The van der Waals surface area contributed by atoms with Crippen molar-refractivity contribution in [2.24, 2.45) is 0 Å². The summed E-state index contributed by atoms with van der Waals surface area (Å²) in [7, 11) is 0. The smallest absolute Gasteiger partial charge is 0.0444 e. The Bertz CT molecular complexity index is 746. The SMILES string of the molecule is CC/C=C1/CC(c2ccc(Br)c(CC)c2)Cc2c(Cl)cccc21. The molecule has 0 bridgehead atoms. The highest BCUT2D eigenvalue weighted by Crippen LogP contribution is 2.42. The Hall–Kier alpha value is -1.05. The van der Waals surface area contributed by atoms with Gasteiger partial charge in [-0.2, -0.15) is 0 Å². The van der Waals surface area contributed by atoms with Crippen LogP contribution in [0.2, 0.25) is 5.02 Å². The van der Waals surface area contributed by atoms with E-state index in [1.807, 2.05) is 6.07 Å². The van der Waals surface area contributed by atoms with Crippen LogP contribution in [0.5, 0.6) is 0 Å². The van der Waals surface area contributed by atoms with Crippen molar-refractivity contribution in [1.82, 2.24) is 0 Å². The zero-order valence-electron chi connectivity index (χ0n) is 13.7. The molecule has 0 heterocycles. The predicted molar refractivity (Wildman–Crippen MR) is 104 cm³/mol. The Morgan fingerprint density at radius 2 is 2.00 bits per heavy atom. The minimum absolute atomic E-state index is 0.513. The number of rotatable bonds is 3. The standard InChI is InChI=1S/C21H22BrCl/c1-3-6-16-12-17(13-19-18(16)7-5-8-21(19)23)15-9-10-20(22)14(4-2)11-15/h5-11,17H,3-4,12-13H2,1-2H3/b16-6-. The van der Waals surface area contributed by atoms with Gasteiger partial charge in [-0.05, 0) is 71.6 Å². The first kappa shape index (κ1) is 16.8. The predicted octanol–water partition coefficient (Wildman–Crippen LogP) is 7.19. The first-order valence-corrected chi connectivity index (χ1v) is 9.56. The van der Waals surface area contributed by atoms with Crippen molar-refractivity contribution >= 4 is 33.1 Å². The lowest BCUT2D eigenvalue weighted by molar-refractivity contribution is 0.681. The van der Waals surface area contributed by atoms with E-state index in [4.69, 9.17) is 11.6 Å². The van der Waals surface area contributed by atoms with Gasteiger partial charge in [0.25, 0.3) is 0 Å². The number of aryl methyl sites for hydroxylation is 1. The molecule has 2 aromatic carbocycles. The molecule has 2 heteroatoms. The van der Waals surface area contributed by atoms with Crippen LogP contribution in [0.4, 0.5) is 0 Å². The van der Waals surface area contributed by atoms with Gasteiger partial charge in [-0.3, -0.25) is 0 Å². The second kappa shape index (κ2) is 7.23. The summed E-state index contributed by atoms with van der Waals surface area (Å²) in [5, 5.41) is 0.905. The summed E-state index contributed by atoms with van der Waals surface area (Å²) in [5.74, 6) is 0.513. The zero-order valence-corrected chi connectivity index (χ0v) is 16.0. The topological polar surface area (TPSA) is 0 Å². The zero-order chi connectivity index (χ0) is 16.4. The van der Waals surface area contributed by atoms with Crippen LogP contribution in [0.1, 0.15) is 54.9 Å². The van der Waals surface area contributed by atoms with Gasteiger partial charge in [0.2, 0.25) is 0 Å². The molecule has 0 spiro atoms. The number of hydrogen-bond acceptors (Lipinski definition) is 0. The second-order valence-corrected chi connectivity index (χ2v) is 7.47. The number of halogens is 2. The monoisotopic (exact) mass is 388 g/mol. The second-order valence-electron chi connectivity index (χ2n) is 6.21. The maximum absolute atomic E-state index is 6.51. The summed E-state index contributed by atoms with van der Waals surface area (Å²) in [4.78, 5) is 0. The van der Waals surface area contributed by atoms with Crippen LogP contribution in [0, 0.1) is 0 Å². The molecule has 0 N–H and O–H groups in total. The lowest BCUT2D eigenvalue weighted by Crippen LogP contribution is -2.13. The highest BCUT2D eigenvalue weighted by atomic mass is 79.9. The molecule has 0 amide bonds. The minimum atomic E-state index is 0.513. The van der Waals surface area contributed by atoms with Crippen molar-refractivity contribution in [2.45, 2.75) is 45.4 Å². The molecule has 0 saturated carbocycles. The molecule has 1 atom stereocenters. The number of benzene rings is 2. The number of hydrogen-bond donors (Lipinski definition) is 0. The van der Waals surface area contributed by atoms with E-state index in [0.29, 0.717) is 5.92 Å². The third-order valence-corrected chi connectivity index (χ3v) is 5.88. The average molecular weight is 390 g/mol. The minimum Gasteiger partial charge on any atom is -0.0840 e. The van der Waals surface area contributed by atoms with Gasteiger partial charge in [-0.15, -0.1) is 0 Å². The summed E-state index contributed by atoms with van der Waals surface area (Å²) in [6.07, 6.45) is 6.61. The van der Waals surface area contributed by atoms with E-state index in [9.17, 15) is 0 Å². The van der Waals surface area contributed by atoms with Crippen molar-refractivity contribution in [3.8, 4) is 0 Å². The van der Waals surface area contributed by atoms with Crippen LogP contribution >= 0.6 is 27.5 Å². The molecule has 0 saturated heterocycles. The summed E-state index contributed by atoms with van der Waals surface area (Å²) < 4.78 is 1.21. The van der Waals surface area contributed by atoms with Crippen molar-refractivity contribution in [2.75, 3.05) is 0 Å². The van der Waals surface area contributed by atoms with Gasteiger partial charge >= 0.3 is 0 Å². The van der Waals surface area contributed by atoms with E-state index in [1.165, 1.54) is 32.3 Å². The molecular formula is C21H22BrCl. The molecule has 1 aliphatic carbocycles. The van der Waals surface area contributed by atoms with Gasteiger partial charge < -0.3 is 0 Å². The maximum atomic E-state index is 6.51. The van der Waals surface area contributed by atoms with E-state index < -0.39 is 0 Å². The Kier molecular flexibility index (Phi) is 5.28. The van der Waals surface area contributed by atoms with Crippen LogP contribution in [-0.4, -0.2) is 0 Å². The molecule has 0 aromatic heterocycles. The van der Waals surface area contributed by atoms with Gasteiger partial charge in [0.1, 0.15) is 0 Å². The Morgan fingerprint density at radius 1 is 1.17 bits per heavy atom. The Balaban J connectivity index is 2.03. The molecule has 0 radical (unpaired) electrons. The van der Waals surface area contributed by atoms with Gasteiger partial charge in [0.15, 0.2) is 0 Å². The molecule has 0 fully saturated rings. The summed E-state index contributed by atoms with van der Waals surface area (Å²) in [5.41, 5.74) is 6.92. The Labute approximate surface area is 152 Å². The van der Waals surface area contributed by atoms with Crippen LogP contribution in [0.25, 0.3) is 5.57 Å². The van der Waals surface area contributed by atoms with E-state index in [-0.39, 0.29) is 0 Å². The largest absolute Gasteiger partial charge is 0.0840 e. The van der Waals surface area contributed by atoms with Gasteiger partial charge in [0, 0.05) is 9.50 Å². The first-order chi connectivity index (χ1) is 11.1. The molecular weight excluding hydrogens is 368 g/mol. The molecule has 3 rings (SSSR count). The maximum Gasteiger partial charge on any atom is 0.0444 e. The van der Waals surface area contributed by atoms with Crippen molar-refractivity contribution < 1.29 is 0 Å². The van der Waals surface area contributed by atoms with Crippen LogP contribution in [-0.2, 0) is 12.8 Å². The molecule has 120 valence electrons. The van der Waals surface area contributed by atoms with Gasteiger partial charge in [0.05, 0.1) is 0 Å². The molecule has 2 aromatic rings. The normalized spacial score (nSPS) is 19.0. The highest BCUT2D eigenvalue weighted by Gasteiger charge is 2.25. The van der Waals surface area contributed by atoms with Crippen LogP contribution in [0.15, 0.2) is 46.9 Å². The van der Waals surface area contributed by atoms with Crippen LogP contribution < -0.4 is 0 Å². The molecule has 0 aliphatic heterocycles. The van der Waals surface area contributed by atoms with Crippen molar-refractivity contribution in [3.05, 3.63) is 74.2 Å². The van der Waals surface area contributed by atoms with E-state index in [0.717, 1.165) is 30.7 Å². The quantitative estimate of drug-likeness (QED) is 0.521. The number of fused-ring (bicyclic) bond motifs is 1. The molecule has 1 aliphatic rings. The lowest BCUT2D eigenvalue weighted by atomic mass is 9.77. The fraction of sp³-hybridized carbons (Fsp3) is 0.333. The fourth-order valence-electron chi connectivity index (χ4n) is 3.56. The first-order valence-electron chi connectivity index (χ1n) is 8.39. The van der Waals surface area contributed by atoms with Crippen molar-refractivity contribution in [3.63, 3.8) is 0 Å². The molecule has 1 unspecified atom stereocenters. The third kappa shape index (κ3) is 3.41. The van der Waals surface area contributed by atoms with E-state index >= 15 is 0 Å². The molecule has 23 heavy (non-hydrogen) atoms. The average Bonchev–Trinajstić information content (AvgIpc) is 2.56.